The maximum atomic E-state index is 5.86. The van der Waals surface area contributed by atoms with Crippen LogP contribution in [-0.4, -0.2) is 6.61 Å². The maximum Gasteiger partial charge on any atom is 0.119 e. The Morgan fingerprint density at radius 1 is 0.720 bits per heavy atom. The first-order valence-corrected chi connectivity index (χ1v) is 9.70. The lowest BCUT2D eigenvalue weighted by Crippen LogP contribution is -1.97. The second-order valence-corrected chi connectivity index (χ2v) is 6.79. The maximum absolute atomic E-state index is 5.86. The van der Waals surface area contributed by atoms with Gasteiger partial charge in [-0.25, -0.2) is 0 Å². The Kier molecular flexibility index (Phi) is 8.90. The van der Waals surface area contributed by atoms with Crippen LogP contribution in [0, 0.1) is 6.92 Å². The lowest BCUT2D eigenvalue weighted by Gasteiger charge is -2.08. The van der Waals surface area contributed by atoms with Gasteiger partial charge in [-0.1, -0.05) is 80.1 Å². The minimum atomic E-state index is 0.820. The lowest BCUT2D eigenvalue weighted by molar-refractivity contribution is 0.304. The van der Waals surface area contributed by atoms with Gasteiger partial charge in [-0.2, -0.15) is 0 Å². The van der Waals surface area contributed by atoms with Crippen LogP contribution in [0.3, 0.4) is 0 Å². The molecule has 0 bridgehead atoms. The van der Waals surface area contributed by atoms with Crippen molar-refractivity contribution in [3.8, 4) is 16.9 Å². The van der Waals surface area contributed by atoms with Crippen molar-refractivity contribution < 1.29 is 4.74 Å². The first-order chi connectivity index (χ1) is 12.3. The van der Waals surface area contributed by atoms with E-state index in [9.17, 15) is 0 Å². The normalized spacial score (nSPS) is 10.6. The van der Waals surface area contributed by atoms with E-state index >= 15 is 0 Å². The molecule has 1 heteroatoms. The highest BCUT2D eigenvalue weighted by Gasteiger charge is 1.99. The number of allylic oxidation sites excluding steroid dienone is 1. The van der Waals surface area contributed by atoms with Crippen LogP contribution in [0.4, 0.5) is 0 Å². The van der Waals surface area contributed by atoms with Gasteiger partial charge in [-0.3, -0.25) is 0 Å². The zero-order chi connectivity index (χ0) is 17.7. The molecule has 134 valence electrons. The van der Waals surface area contributed by atoms with E-state index < -0.39 is 0 Å². The third kappa shape index (κ3) is 7.60. The molecule has 2 aromatic carbocycles. The van der Waals surface area contributed by atoms with Crippen molar-refractivity contribution in [2.75, 3.05) is 6.61 Å². The van der Waals surface area contributed by atoms with Crippen molar-refractivity contribution in [2.24, 2.45) is 0 Å². The molecule has 0 spiro atoms. The minimum Gasteiger partial charge on any atom is -0.494 e. The average molecular weight is 337 g/mol. The Labute approximate surface area is 153 Å². The van der Waals surface area contributed by atoms with Crippen molar-refractivity contribution in [1.82, 2.24) is 0 Å². The summed E-state index contributed by atoms with van der Waals surface area (Å²) in [5.74, 6) is 0.972. The lowest BCUT2D eigenvalue weighted by atomic mass is 10.0. The second kappa shape index (κ2) is 11.5. The van der Waals surface area contributed by atoms with E-state index in [1.807, 2.05) is 6.08 Å². The van der Waals surface area contributed by atoms with Crippen LogP contribution in [0.15, 0.2) is 61.2 Å². The molecule has 0 aliphatic rings. The molecule has 0 aliphatic carbocycles. The summed E-state index contributed by atoms with van der Waals surface area (Å²) in [6, 6.07) is 17.1. The number of hydrogen-bond acceptors (Lipinski definition) is 1. The number of ether oxygens (including phenoxy) is 1. The van der Waals surface area contributed by atoms with E-state index in [-0.39, 0.29) is 0 Å². The zero-order valence-corrected chi connectivity index (χ0v) is 15.7. The highest BCUT2D eigenvalue weighted by Crippen LogP contribution is 2.23. The molecular formula is C24H32O. The predicted molar refractivity (Wildman–Crippen MR) is 109 cm³/mol. The quantitative estimate of drug-likeness (QED) is 0.291. The molecule has 0 unspecified atom stereocenters. The van der Waals surface area contributed by atoms with Crippen molar-refractivity contribution in [3.05, 3.63) is 66.7 Å². The molecule has 2 rings (SSSR count). The van der Waals surface area contributed by atoms with Gasteiger partial charge in [-0.05, 0) is 49.4 Å². The van der Waals surface area contributed by atoms with Gasteiger partial charge < -0.3 is 4.74 Å². The molecule has 0 radical (unpaired) electrons. The van der Waals surface area contributed by atoms with E-state index in [2.05, 4.69) is 62.0 Å². The zero-order valence-electron chi connectivity index (χ0n) is 15.7. The summed E-state index contributed by atoms with van der Waals surface area (Å²) in [4.78, 5) is 0. The van der Waals surface area contributed by atoms with Crippen molar-refractivity contribution in [2.45, 2.75) is 58.3 Å². The summed E-state index contributed by atoms with van der Waals surface area (Å²) in [6.07, 6.45) is 12.3. The molecule has 0 saturated carbocycles. The fourth-order valence-electron chi connectivity index (χ4n) is 2.95. The largest absolute Gasteiger partial charge is 0.494 e. The van der Waals surface area contributed by atoms with E-state index in [0.29, 0.717) is 0 Å². The van der Waals surface area contributed by atoms with Gasteiger partial charge in [0.1, 0.15) is 5.75 Å². The minimum absolute atomic E-state index is 0.820. The number of aryl methyl sites for hydroxylation is 1. The highest BCUT2D eigenvalue weighted by atomic mass is 16.5. The van der Waals surface area contributed by atoms with Gasteiger partial charge in [0.25, 0.3) is 0 Å². The first kappa shape index (κ1) is 19.3. The van der Waals surface area contributed by atoms with Crippen LogP contribution in [0.5, 0.6) is 5.75 Å². The van der Waals surface area contributed by atoms with Gasteiger partial charge in [0.05, 0.1) is 6.61 Å². The predicted octanol–water partition coefficient (Wildman–Crippen LogP) is 7.35. The van der Waals surface area contributed by atoms with Crippen LogP contribution >= 0.6 is 0 Å². The monoisotopic (exact) mass is 336 g/mol. The molecular weight excluding hydrogens is 304 g/mol. The van der Waals surface area contributed by atoms with E-state index in [4.69, 9.17) is 4.74 Å². The van der Waals surface area contributed by atoms with Crippen LogP contribution in [-0.2, 0) is 0 Å². The summed E-state index contributed by atoms with van der Waals surface area (Å²) in [5, 5.41) is 0. The third-order valence-electron chi connectivity index (χ3n) is 4.56. The smallest absolute Gasteiger partial charge is 0.119 e. The Hall–Kier alpha value is -2.02. The standard InChI is InChI=1S/C24H32O/c1-3-4-5-6-7-8-9-10-11-20-25-24-18-16-23(17-19-24)22-14-12-21(2)13-15-22/h3,12-19H,1,4-11,20H2,2H3. The molecule has 0 N–H and O–H groups in total. The van der Waals surface area contributed by atoms with Crippen molar-refractivity contribution >= 4 is 0 Å². The van der Waals surface area contributed by atoms with Crippen molar-refractivity contribution in [1.29, 1.82) is 0 Å². The summed E-state index contributed by atoms with van der Waals surface area (Å²) < 4.78 is 5.86. The SMILES string of the molecule is C=CCCCCCCCCCOc1ccc(-c2ccc(C)cc2)cc1. The highest BCUT2D eigenvalue weighted by molar-refractivity contribution is 5.64. The molecule has 0 aromatic heterocycles. The van der Waals surface area contributed by atoms with Crippen molar-refractivity contribution in [3.63, 3.8) is 0 Å². The first-order valence-electron chi connectivity index (χ1n) is 9.70. The molecule has 0 fully saturated rings. The Bertz CT molecular complexity index is 595. The van der Waals surface area contributed by atoms with Gasteiger partial charge in [-0.15, -0.1) is 6.58 Å². The summed E-state index contributed by atoms with van der Waals surface area (Å²) in [6.45, 7) is 6.70. The van der Waals surface area contributed by atoms with Crippen LogP contribution < -0.4 is 4.74 Å². The van der Waals surface area contributed by atoms with Gasteiger partial charge in [0, 0.05) is 0 Å². The van der Waals surface area contributed by atoms with Crippen LogP contribution in [0.25, 0.3) is 11.1 Å². The second-order valence-electron chi connectivity index (χ2n) is 6.79. The van der Waals surface area contributed by atoms with Gasteiger partial charge in [0.15, 0.2) is 0 Å². The molecule has 0 heterocycles. The third-order valence-corrected chi connectivity index (χ3v) is 4.56. The molecule has 0 aliphatic heterocycles. The fraction of sp³-hybridized carbons (Fsp3) is 0.417. The number of rotatable bonds is 12. The van der Waals surface area contributed by atoms with E-state index in [1.165, 1.54) is 55.2 Å². The summed E-state index contributed by atoms with van der Waals surface area (Å²) in [5.41, 5.74) is 3.79. The fourth-order valence-corrected chi connectivity index (χ4v) is 2.95. The van der Waals surface area contributed by atoms with E-state index in [0.717, 1.165) is 25.2 Å². The summed E-state index contributed by atoms with van der Waals surface area (Å²) >= 11 is 0. The average Bonchev–Trinajstić information content (AvgIpc) is 2.64. The van der Waals surface area contributed by atoms with E-state index in [1.54, 1.807) is 0 Å². The molecule has 2 aromatic rings. The number of benzene rings is 2. The Balaban J connectivity index is 1.59. The molecule has 25 heavy (non-hydrogen) atoms. The number of hydrogen-bond donors (Lipinski definition) is 0. The summed E-state index contributed by atoms with van der Waals surface area (Å²) in [7, 11) is 0. The van der Waals surface area contributed by atoms with Gasteiger partial charge in [0.2, 0.25) is 0 Å². The number of unbranched alkanes of at least 4 members (excludes halogenated alkanes) is 7. The topological polar surface area (TPSA) is 9.23 Å². The Morgan fingerprint density at radius 3 is 1.84 bits per heavy atom. The molecule has 0 saturated heterocycles. The Morgan fingerprint density at radius 2 is 1.24 bits per heavy atom. The van der Waals surface area contributed by atoms with Gasteiger partial charge >= 0.3 is 0 Å². The van der Waals surface area contributed by atoms with Crippen LogP contribution in [0.1, 0.15) is 56.9 Å². The molecule has 0 amide bonds. The molecule has 1 nitrogen and oxygen atoms in total. The molecule has 0 atom stereocenters. The van der Waals surface area contributed by atoms with Crippen LogP contribution in [0.2, 0.25) is 0 Å².